The van der Waals surface area contributed by atoms with Gasteiger partial charge in [0.05, 0.1) is 18.8 Å². The highest BCUT2D eigenvalue weighted by molar-refractivity contribution is 5.86. The highest BCUT2D eigenvalue weighted by atomic mass is 16.5. The predicted octanol–water partition coefficient (Wildman–Crippen LogP) is 2.63. The zero-order chi connectivity index (χ0) is 14.8. The number of carbonyl (C=O) groups excluding carboxylic acids is 1. The van der Waals surface area contributed by atoms with Crippen molar-refractivity contribution in [2.24, 2.45) is 0 Å². The van der Waals surface area contributed by atoms with Crippen LogP contribution in [-0.2, 0) is 9.47 Å². The zero-order valence-corrected chi connectivity index (χ0v) is 12.6. The standard InChI is InChI=1S/C15H23NO4/c1-11(12-6-7-13(20-12)14(17)18-3)16-9-5-8-15(2,10-16)19-4/h6-7,11H,5,8-10H2,1-4H3. The highest BCUT2D eigenvalue weighted by Crippen LogP contribution is 2.31. The number of methoxy groups -OCH3 is 2. The molecule has 2 atom stereocenters. The van der Waals surface area contributed by atoms with Gasteiger partial charge >= 0.3 is 5.97 Å². The third-order valence-electron chi connectivity index (χ3n) is 4.15. The van der Waals surface area contributed by atoms with Crippen LogP contribution in [0, 0.1) is 0 Å². The van der Waals surface area contributed by atoms with Crippen LogP contribution in [0.15, 0.2) is 16.5 Å². The maximum Gasteiger partial charge on any atom is 0.373 e. The number of furan rings is 1. The summed E-state index contributed by atoms with van der Waals surface area (Å²) in [4.78, 5) is 13.8. The Labute approximate surface area is 119 Å². The minimum absolute atomic E-state index is 0.107. The van der Waals surface area contributed by atoms with E-state index in [0.717, 1.165) is 31.7 Å². The molecule has 0 N–H and O–H groups in total. The summed E-state index contributed by atoms with van der Waals surface area (Å²) in [5, 5.41) is 0. The van der Waals surface area contributed by atoms with Crippen molar-refractivity contribution in [3.05, 3.63) is 23.7 Å². The molecule has 5 heteroatoms. The van der Waals surface area contributed by atoms with E-state index in [1.165, 1.54) is 7.11 Å². The lowest BCUT2D eigenvalue weighted by Gasteiger charge is -2.41. The van der Waals surface area contributed by atoms with E-state index in [0.29, 0.717) is 0 Å². The number of carbonyl (C=O) groups is 1. The molecule has 0 spiro atoms. The molecule has 1 saturated heterocycles. The normalized spacial score (nSPS) is 25.4. The van der Waals surface area contributed by atoms with Gasteiger partial charge in [-0.05, 0) is 45.4 Å². The molecule has 1 aliphatic heterocycles. The van der Waals surface area contributed by atoms with E-state index in [2.05, 4.69) is 23.5 Å². The third-order valence-corrected chi connectivity index (χ3v) is 4.15. The minimum atomic E-state index is -0.441. The summed E-state index contributed by atoms with van der Waals surface area (Å²) in [5.74, 6) is 0.593. The van der Waals surface area contributed by atoms with Crippen molar-refractivity contribution >= 4 is 5.97 Å². The van der Waals surface area contributed by atoms with Crippen LogP contribution in [0.1, 0.15) is 49.0 Å². The Balaban J connectivity index is 2.09. The number of rotatable bonds is 4. The third kappa shape index (κ3) is 3.04. The van der Waals surface area contributed by atoms with Crippen molar-refractivity contribution in [2.75, 3.05) is 27.3 Å². The largest absolute Gasteiger partial charge is 0.463 e. The first-order chi connectivity index (χ1) is 9.49. The Hall–Kier alpha value is -1.33. The molecule has 2 heterocycles. The molecular weight excluding hydrogens is 258 g/mol. The van der Waals surface area contributed by atoms with Crippen LogP contribution in [0.4, 0.5) is 0 Å². The fraction of sp³-hybridized carbons (Fsp3) is 0.667. The fourth-order valence-corrected chi connectivity index (χ4v) is 2.71. The maximum atomic E-state index is 11.4. The second-order valence-corrected chi connectivity index (χ2v) is 5.60. The van der Waals surface area contributed by atoms with Crippen molar-refractivity contribution in [3.8, 4) is 0 Å². The molecule has 1 aromatic heterocycles. The van der Waals surface area contributed by atoms with Crippen LogP contribution in [0.2, 0.25) is 0 Å². The monoisotopic (exact) mass is 281 g/mol. The second kappa shape index (κ2) is 5.97. The summed E-state index contributed by atoms with van der Waals surface area (Å²) in [6, 6.07) is 3.62. The lowest BCUT2D eigenvalue weighted by Crippen LogP contribution is -2.48. The Morgan fingerprint density at radius 3 is 2.85 bits per heavy atom. The van der Waals surface area contributed by atoms with Crippen molar-refractivity contribution in [3.63, 3.8) is 0 Å². The summed E-state index contributed by atoms with van der Waals surface area (Å²) in [7, 11) is 3.11. The minimum Gasteiger partial charge on any atom is -0.463 e. The van der Waals surface area contributed by atoms with Gasteiger partial charge < -0.3 is 13.9 Å². The van der Waals surface area contributed by atoms with Gasteiger partial charge in [0.25, 0.3) is 0 Å². The van der Waals surface area contributed by atoms with E-state index in [1.54, 1.807) is 13.2 Å². The van der Waals surface area contributed by atoms with E-state index in [9.17, 15) is 4.79 Å². The molecular formula is C15H23NO4. The molecule has 2 rings (SSSR count). The van der Waals surface area contributed by atoms with Crippen molar-refractivity contribution in [1.82, 2.24) is 4.90 Å². The van der Waals surface area contributed by atoms with Crippen LogP contribution in [0.25, 0.3) is 0 Å². The molecule has 0 aromatic carbocycles. The van der Waals surface area contributed by atoms with Gasteiger partial charge in [-0.25, -0.2) is 4.79 Å². The SMILES string of the molecule is COC(=O)c1ccc(C(C)N2CCCC(C)(OC)C2)o1. The van der Waals surface area contributed by atoms with Gasteiger partial charge in [-0.2, -0.15) is 0 Å². The smallest absolute Gasteiger partial charge is 0.373 e. The molecule has 0 radical (unpaired) electrons. The maximum absolute atomic E-state index is 11.4. The molecule has 0 aliphatic carbocycles. The van der Waals surface area contributed by atoms with Crippen LogP contribution >= 0.6 is 0 Å². The van der Waals surface area contributed by atoms with E-state index < -0.39 is 5.97 Å². The van der Waals surface area contributed by atoms with Crippen LogP contribution < -0.4 is 0 Å². The fourth-order valence-electron chi connectivity index (χ4n) is 2.71. The molecule has 1 fully saturated rings. The Kier molecular flexibility index (Phi) is 4.50. The average molecular weight is 281 g/mol. The molecule has 20 heavy (non-hydrogen) atoms. The van der Waals surface area contributed by atoms with Crippen LogP contribution in [0.5, 0.6) is 0 Å². The van der Waals surface area contributed by atoms with E-state index in [1.807, 2.05) is 6.07 Å². The quantitative estimate of drug-likeness (QED) is 0.794. The van der Waals surface area contributed by atoms with Gasteiger partial charge in [-0.15, -0.1) is 0 Å². The summed E-state index contributed by atoms with van der Waals surface area (Å²) in [6.07, 6.45) is 2.16. The highest BCUT2D eigenvalue weighted by Gasteiger charge is 2.34. The van der Waals surface area contributed by atoms with Crippen LogP contribution in [-0.4, -0.2) is 43.8 Å². The van der Waals surface area contributed by atoms with Crippen molar-refractivity contribution < 1.29 is 18.7 Å². The van der Waals surface area contributed by atoms with Crippen molar-refractivity contribution in [2.45, 2.75) is 38.3 Å². The van der Waals surface area contributed by atoms with Gasteiger partial charge in [-0.1, -0.05) is 0 Å². The predicted molar refractivity (Wildman–Crippen MR) is 74.7 cm³/mol. The summed E-state index contributed by atoms with van der Waals surface area (Å²) >= 11 is 0. The molecule has 0 saturated carbocycles. The Morgan fingerprint density at radius 2 is 2.20 bits per heavy atom. The zero-order valence-electron chi connectivity index (χ0n) is 12.6. The molecule has 1 aromatic rings. The number of nitrogens with zero attached hydrogens (tertiary/aromatic N) is 1. The molecule has 112 valence electrons. The Bertz CT molecular complexity index is 470. The summed E-state index contributed by atoms with van der Waals surface area (Å²) < 4.78 is 15.9. The van der Waals surface area contributed by atoms with Gasteiger partial charge in [0, 0.05) is 13.7 Å². The van der Waals surface area contributed by atoms with E-state index in [-0.39, 0.29) is 17.4 Å². The second-order valence-electron chi connectivity index (χ2n) is 5.60. The lowest BCUT2D eigenvalue weighted by atomic mass is 9.93. The number of likely N-dealkylation sites (tertiary alicyclic amines) is 1. The summed E-state index contributed by atoms with van der Waals surface area (Å²) in [5.41, 5.74) is -0.107. The number of hydrogen-bond donors (Lipinski definition) is 0. The van der Waals surface area contributed by atoms with Gasteiger partial charge in [0.1, 0.15) is 5.76 Å². The number of ether oxygens (including phenoxy) is 2. The van der Waals surface area contributed by atoms with Gasteiger partial charge in [-0.3, -0.25) is 4.90 Å². The molecule has 2 unspecified atom stereocenters. The van der Waals surface area contributed by atoms with Crippen LogP contribution in [0.3, 0.4) is 0 Å². The molecule has 1 aliphatic rings. The molecule has 0 bridgehead atoms. The molecule has 0 amide bonds. The lowest BCUT2D eigenvalue weighted by molar-refractivity contribution is -0.0618. The van der Waals surface area contributed by atoms with Gasteiger partial charge in [0.2, 0.25) is 5.76 Å². The first-order valence-corrected chi connectivity index (χ1v) is 6.96. The topological polar surface area (TPSA) is 51.9 Å². The Morgan fingerprint density at radius 1 is 1.45 bits per heavy atom. The number of hydrogen-bond acceptors (Lipinski definition) is 5. The van der Waals surface area contributed by atoms with E-state index in [4.69, 9.17) is 9.15 Å². The van der Waals surface area contributed by atoms with E-state index >= 15 is 0 Å². The number of piperidine rings is 1. The molecule has 5 nitrogen and oxygen atoms in total. The summed E-state index contributed by atoms with van der Waals surface area (Å²) in [6.45, 7) is 6.09. The first-order valence-electron chi connectivity index (χ1n) is 6.96. The average Bonchev–Trinajstić information content (AvgIpc) is 2.95. The first kappa shape index (κ1) is 15.1. The van der Waals surface area contributed by atoms with Gasteiger partial charge in [0.15, 0.2) is 0 Å². The van der Waals surface area contributed by atoms with Crippen molar-refractivity contribution in [1.29, 1.82) is 0 Å². The number of esters is 1.